The zero-order valence-electron chi connectivity index (χ0n) is 11.4. The van der Waals surface area contributed by atoms with E-state index in [1.807, 2.05) is 23.1 Å². The molecule has 20 heavy (non-hydrogen) atoms. The summed E-state index contributed by atoms with van der Waals surface area (Å²) in [5.74, 6) is 0.355. The molecule has 0 bridgehead atoms. The number of rotatable bonds is 2. The van der Waals surface area contributed by atoms with Crippen molar-refractivity contribution in [3.8, 4) is 0 Å². The van der Waals surface area contributed by atoms with E-state index >= 15 is 0 Å². The van der Waals surface area contributed by atoms with Crippen molar-refractivity contribution in [2.75, 3.05) is 24.5 Å². The van der Waals surface area contributed by atoms with Gasteiger partial charge in [-0.05, 0) is 31.5 Å². The van der Waals surface area contributed by atoms with Gasteiger partial charge in [0.2, 0.25) is 5.91 Å². The van der Waals surface area contributed by atoms with Crippen LogP contribution < -0.4 is 4.90 Å². The predicted octanol–water partition coefficient (Wildman–Crippen LogP) is 2.46. The van der Waals surface area contributed by atoms with E-state index in [9.17, 15) is 9.59 Å². The average Bonchev–Trinajstić information content (AvgIpc) is 2.79. The highest BCUT2D eigenvalue weighted by atomic mass is 79.9. The van der Waals surface area contributed by atoms with Crippen molar-refractivity contribution in [1.29, 1.82) is 0 Å². The number of carbonyl (C=O) groups is 2. The summed E-state index contributed by atoms with van der Waals surface area (Å²) in [7, 11) is 0. The van der Waals surface area contributed by atoms with Crippen molar-refractivity contribution >= 4 is 33.3 Å². The summed E-state index contributed by atoms with van der Waals surface area (Å²) in [4.78, 5) is 27.7. The monoisotopic (exact) mass is 336 g/mol. The molecule has 2 fully saturated rings. The van der Waals surface area contributed by atoms with E-state index in [1.54, 1.807) is 6.92 Å². The molecule has 1 aromatic rings. The third kappa shape index (κ3) is 2.35. The summed E-state index contributed by atoms with van der Waals surface area (Å²) < 4.78 is 0.974. The Morgan fingerprint density at radius 1 is 1.35 bits per heavy atom. The van der Waals surface area contributed by atoms with Crippen LogP contribution in [-0.2, 0) is 4.79 Å². The largest absolute Gasteiger partial charge is 0.367 e. The van der Waals surface area contributed by atoms with E-state index < -0.39 is 0 Å². The second kappa shape index (κ2) is 5.20. The lowest BCUT2D eigenvalue weighted by molar-refractivity contribution is -0.129. The number of piperazine rings is 1. The van der Waals surface area contributed by atoms with E-state index in [1.165, 1.54) is 0 Å². The Balaban J connectivity index is 1.89. The summed E-state index contributed by atoms with van der Waals surface area (Å²) >= 11 is 3.48. The van der Waals surface area contributed by atoms with Crippen LogP contribution in [0.5, 0.6) is 0 Å². The molecule has 2 heterocycles. The number of Topliss-reactive ketones (excluding diaryl/α,β-unsaturated/α-hetero) is 1. The Labute approximate surface area is 126 Å². The van der Waals surface area contributed by atoms with Crippen LogP contribution in [0.4, 0.5) is 5.69 Å². The third-order valence-corrected chi connectivity index (χ3v) is 4.67. The van der Waals surface area contributed by atoms with Gasteiger partial charge in [-0.1, -0.05) is 15.9 Å². The van der Waals surface area contributed by atoms with Crippen molar-refractivity contribution in [2.24, 2.45) is 0 Å². The van der Waals surface area contributed by atoms with Gasteiger partial charge in [0, 0.05) is 47.8 Å². The highest BCUT2D eigenvalue weighted by Crippen LogP contribution is 2.30. The highest BCUT2D eigenvalue weighted by Gasteiger charge is 2.36. The minimum atomic E-state index is 0.0810. The molecule has 1 unspecified atom stereocenters. The molecule has 0 aliphatic carbocycles. The summed E-state index contributed by atoms with van der Waals surface area (Å²) in [6.07, 6.45) is 1.59. The molecule has 1 aromatic carbocycles. The second-order valence-corrected chi connectivity index (χ2v) is 6.36. The van der Waals surface area contributed by atoms with Crippen molar-refractivity contribution in [3.05, 3.63) is 28.2 Å². The number of fused-ring (bicyclic) bond motifs is 1. The molecule has 2 aliphatic heterocycles. The zero-order valence-corrected chi connectivity index (χ0v) is 13.0. The Bertz CT molecular complexity index is 573. The average molecular weight is 337 g/mol. The Morgan fingerprint density at radius 2 is 2.15 bits per heavy atom. The van der Waals surface area contributed by atoms with Crippen LogP contribution in [0.3, 0.4) is 0 Å². The molecule has 1 amide bonds. The lowest BCUT2D eigenvalue weighted by Crippen LogP contribution is -2.51. The molecular formula is C15H17BrN2O2. The summed E-state index contributed by atoms with van der Waals surface area (Å²) in [5.41, 5.74) is 1.73. The van der Waals surface area contributed by atoms with Gasteiger partial charge in [-0.15, -0.1) is 0 Å². The molecule has 0 N–H and O–H groups in total. The lowest BCUT2D eigenvalue weighted by Gasteiger charge is -2.39. The van der Waals surface area contributed by atoms with Gasteiger partial charge < -0.3 is 9.80 Å². The first-order valence-electron chi connectivity index (χ1n) is 6.91. The molecule has 1 atom stereocenters. The van der Waals surface area contributed by atoms with Crippen LogP contribution in [0, 0.1) is 0 Å². The van der Waals surface area contributed by atoms with E-state index in [4.69, 9.17) is 0 Å². The normalized spacial score (nSPS) is 22.1. The first-order chi connectivity index (χ1) is 9.56. The lowest BCUT2D eigenvalue weighted by atomic mass is 10.1. The van der Waals surface area contributed by atoms with Crippen molar-refractivity contribution in [3.63, 3.8) is 0 Å². The van der Waals surface area contributed by atoms with Gasteiger partial charge in [-0.2, -0.15) is 0 Å². The van der Waals surface area contributed by atoms with E-state index in [2.05, 4.69) is 20.8 Å². The number of carbonyl (C=O) groups excluding carboxylic acids is 2. The van der Waals surface area contributed by atoms with Gasteiger partial charge in [0.15, 0.2) is 5.78 Å². The van der Waals surface area contributed by atoms with Crippen molar-refractivity contribution in [1.82, 2.24) is 4.90 Å². The number of anilines is 1. The van der Waals surface area contributed by atoms with Gasteiger partial charge in [0.1, 0.15) is 0 Å². The molecule has 0 saturated carbocycles. The zero-order chi connectivity index (χ0) is 14.3. The van der Waals surface area contributed by atoms with Gasteiger partial charge in [0.25, 0.3) is 0 Å². The number of ketones is 1. The third-order valence-electron chi connectivity index (χ3n) is 4.17. The van der Waals surface area contributed by atoms with Gasteiger partial charge >= 0.3 is 0 Å². The minimum absolute atomic E-state index is 0.0810. The molecular weight excluding hydrogens is 320 g/mol. The maximum absolute atomic E-state index is 11.8. The van der Waals surface area contributed by atoms with Crippen LogP contribution in [-0.4, -0.2) is 42.3 Å². The van der Waals surface area contributed by atoms with Crippen LogP contribution in [0.15, 0.2) is 22.7 Å². The number of hydrogen-bond donors (Lipinski definition) is 0. The quantitative estimate of drug-likeness (QED) is 0.779. The van der Waals surface area contributed by atoms with Gasteiger partial charge in [-0.25, -0.2) is 0 Å². The first-order valence-corrected chi connectivity index (χ1v) is 7.70. The molecule has 3 rings (SSSR count). The molecule has 0 aromatic heterocycles. The summed E-state index contributed by atoms with van der Waals surface area (Å²) in [6, 6.07) is 6.07. The van der Waals surface area contributed by atoms with E-state index in [0.717, 1.165) is 41.8 Å². The topological polar surface area (TPSA) is 40.6 Å². The van der Waals surface area contributed by atoms with Crippen molar-refractivity contribution in [2.45, 2.75) is 25.8 Å². The maximum atomic E-state index is 11.8. The molecule has 2 saturated heterocycles. The second-order valence-electron chi connectivity index (χ2n) is 5.44. The van der Waals surface area contributed by atoms with Crippen LogP contribution >= 0.6 is 15.9 Å². The smallest absolute Gasteiger partial charge is 0.223 e. The van der Waals surface area contributed by atoms with Crippen LogP contribution in [0.25, 0.3) is 0 Å². The van der Waals surface area contributed by atoms with Gasteiger partial charge in [0.05, 0.1) is 0 Å². The summed E-state index contributed by atoms with van der Waals surface area (Å²) in [6.45, 7) is 3.97. The highest BCUT2D eigenvalue weighted by molar-refractivity contribution is 9.10. The molecule has 2 aliphatic rings. The SMILES string of the molecule is CC(=O)c1ccc(Br)cc1N1CCN2C(=O)CCC2C1. The Morgan fingerprint density at radius 3 is 2.90 bits per heavy atom. The fourth-order valence-corrected chi connectivity index (χ4v) is 3.50. The fourth-order valence-electron chi connectivity index (χ4n) is 3.15. The number of hydrogen-bond acceptors (Lipinski definition) is 3. The van der Waals surface area contributed by atoms with E-state index in [-0.39, 0.29) is 11.7 Å². The minimum Gasteiger partial charge on any atom is -0.367 e. The van der Waals surface area contributed by atoms with Gasteiger partial charge in [-0.3, -0.25) is 9.59 Å². The standard InChI is InChI=1S/C15H17BrN2O2/c1-10(19)13-4-2-11(16)8-14(13)17-6-7-18-12(9-17)3-5-15(18)20/h2,4,8,12H,3,5-7,9H2,1H3. The van der Waals surface area contributed by atoms with Crippen LogP contribution in [0.2, 0.25) is 0 Å². The van der Waals surface area contributed by atoms with Crippen molar-refractivity contribution < 1.29 is 9.59 Å². The molecule has 5 heteroatoms. The molecule has 0 radical (unpaired) electrons. The Hall–Kier alpha value is -1.36. The number of nitrogens with zero attached hydrogens (tertiary/aromatic N) is 2. The first kappa shape index (κ1) is 13.6. The summed E-state index contributed by atoms with van der Waals surface area (Å²) in [5, 5.41) is 0. The number of halogens is 1. The number of amides is 1. The maximum Gasteiger partial charge on any atom is 0.223 e. The fraction of sp³-hybridized carbons (Fsp3) is 0.467. The predicted molar refractivity (Wildman–Crippen MR) is 81.1 cm³/mol. The molecule has 106 valence electrons. The molecule has 0 spiro atoms. The van der Waals surface area contributed by atoms with E-state index in [0.29, 0.717) is 12.5 Å². The molecule has 4 nitrogen and oxygen atoms in total. The van der Waals surface area contributed by atoms with Crippen LogP contribution in [0.1, 0.15) is 30.1 Å². The number of benzene rings is 1. The Kier molecular flexibility index (Phi) is 3.54.